The fourth-order valence-corrected chi connectivity index (χ4v) is 2.04. The number of H-pyrrole nitrogens is 1. The smallest absolute Gasteiger partial charge is 0.260 e. The Kier molecular flexibility index (Phi) is 6.08. The number of ether oxygens (including phenoxy) is 1. The zero-order chi connectivity index (χ0) is 16.7. The summed E-state index contributed by atoms with van der Waals surface area (Å²) in [6.45, 7) is 1.99. The molecule has 0 aliphatic rings. The van der Waals surface area contributed by atoms with Gasteiger partial charge in [-0.3, -0.25) is 9.59 Å². The molecule has 0 unspecified atom stereocenters. The molecule has 0 bridgehead atoms. The largest absolute Gasteiger partial charge is 0.389 e. The Morgan fingerprint density at radius 1 is 1.26 bits per heavy atom. The third-order valence-electron chi connectivity index (χ3n) is 3.37. The second-order valence-corrected chi connectivity index (χ2v) is 5.16. The molecule has 3 N–H and O–H groups in total. The highest BCUT2D eigenvalue weighted by molar-refractivity contribution is 5.93. The van der Waals surface area contributed by atoms with Crippen molar-refractivity contribution in [2.75, 3.05) is 13.2 Å². The molecule has 2 atom stereocenters. The predicted molar refractivity (Wildman–Crippen MR) is 86.2 cm³/mol. The number of carbonyl (C=O) groups is 1. The summed E-state index contributed by atoms with van der Waals surface area (Å²) in [6.07, 6.45) is 0.443. The minimum absolute atomic E-state index is 0.00861. The fraction of sp³-hybridized carbons (Fsp3) is 0.294. The van der Waals surface area contributed by atoms with E-state index in [1.807, 2.05) is 37.3 Å². The molecule has 1 heterocycles. The maximum Gasteiger partial charge on any atom is 0.260 e. The van der Waals surface area contributed by atoms with Gasteiger partial charge in [0.1, 0.15) is 5.56 Å². The van der Waals surface area contributed by atoms with Crippen LogP contribution in [0, 0.1) is 0 Å². The lowest BCUT2D eigenvalue weighted by Crippen LogP contribution is -2.37. The van der Waals surface area contributed by atoms with E-state index >= 15 is 0 Å². The molecule has 23 heavy (non-hydrogen) atoms. The number of amides is 1. The number of pyridine rings is 1. The number of hydrogen-bond donors (Lipinski definition) is 3. The molecule has 1 amide bonds. The predicted octanol–water partition coefficient (Wildman–Crippen LogP) is 1.24. The van der Waals surface area contributed by atoms with Gasteiger partial charge in [-0.2, -0.15) is 0 Å². The standard InChI is InChI=1S/C17H20N2O4/c1-12(13-6-3-2-4-7-13)23-11-14(20)10-19-17(22)15-8-5-9-18-16(15)21/h2-9,12,14,20H,10-11H2,1H3,(H,18,21)(H,19,22)/t12-,14-/m0/s1. The molecule has 0 fully saturated rings. The van der Waals surface area contributed by atoms with Crippen molar-refractivity contribution >= 4 is 5.91 Å². The van der Waals surface area contributed by atoms with E-state index in [2.05, 4.69) is 10.3 Å². The van der Waals surface area contributed by atoms with E-state index in [0.717, 1.165) is 5.56 Å². The number of benzene rings is 1. The molecule has 6 heteroatoms. The first kappa shape index (κ1) is 16.9. The lowest BCUT2D eigenvalue weighted by Gasteiger charge is -2.17. The van der Waals surface area contributed by atoms with E-state index in [0.29, 0.717) is 0 Å². The Morgan fingerprint density at radius 2 is 2.00 bits per heavy atom. The summed E-state index contributed by atoms with van der Waals surface area (Å²) < 4.78 is 5.58. The SMILES string of the molecule is C[C@H](OC[C@@H](O)CNC(=O)c1ccc[nH]c1=O)c1ccccc1. The van der Waals surface area contributed by atoms with E-state index < -0.39 is 17.6 Å². The summed E-state index contributed by atoms with van der Waals surface area (Å²) in [5.74, 6) is -0.526. The van der Waals surface area contributed by atoms with Crippen LogP contribution in [0.25, 0.3) is 0 Å². The first-order chi connectivity index (χ1) is 11.1. The minimum atomic E-state index is -0.854. The van der Waals surface area contributed by atoms with Gasteiger partial charge in [0.15, 0.2) is 0 Å². The Morgan fingerprint density at radius 3 is 2.70 bits per heavy atom. The van der Waals surface area contributed by atoms with Crippen molar-refractivity contribution in [1.82, 2.24) is 10.3 Å². The maximum absolute atomic E-state index is 11.8. The van der Waals surface area contributed by atoms with Crippen molar-refractivity contribution < 1.29 is 14.6 Å². The van der Waals surface area contributed by atoms with Gasteiger partial charge in [0.2, 0.25) is 0 Å². The molecule has 1 aromatic heterocycles. The summed E-state index contributed by atoms with van der Waals surface area (Å²) in [6, 6.07) is 12.6. The average molecular weight is 316 g/mol. The Balaban J connectivity index is 1.77. The zero-order valence-corrected chi connectivity index (χ0v) is 12.9. The van der Waals surface area contributed by atoms with E-state index in [-0.39, 0.29) is 24.8 Å². The van der Waals surface area contributed by atoms with Crippen LogP contribution in [0.5, 0.6) is 0 Å². The Bertz CT molecular complexity index is 684. The highest BCUT2D eigenvalue weighted by atomic mass is 16.5. The second kappa shape index (κ2) is 8.26. The topological polar surface area (TPSA) is 91.4 Å². The van der Waals surface area contributed by atoms with E-state index in [4.69, 9.17) is 4.74 Å². The van der Waals surface area contributed by atoms with Gasteiger partial charge >= 0.3 is 0 Å². The molecule has 0 aliphatic carbocycles. The second-order valence-electron chi connectivity index (χ2n) is 5.16. The normalized spacial score (nSPS) is 13.3. The van der Waals surface area contributed by atoms with Crippen LogP contribution >= 0.6 is 0 Å². The van der Waals surface area contributed by atoms with Crippen LogP contribution in [0.4, 0.5) is 0 Å². The van der Waals surface area contributed by atoms with Gasteiger partial charge in [-0.15, -0.1) is 0 Å². The van der Waals surface area contributed by atoms with Crippen LogP contribution in [0.15, 0.2) is 53.5 Å². The summed E-state index contributed by atoms with van der Waals surface area (Å²) in [7, 11) is 0. The number of aliphatic hydroxyl groups is 1. The van der Waals surface area contributed by atoms with Gasteiger partial charge in [0.25, 0.3) is 11.5 Å². The van der Waals surface area contributed by atoms with Gasteiger partial charge in [-0.1, -0.05) is 30.3 Å². The monoisotopic (exact) mass is 316 g/mol. The van der Waals surface area contributed by atoms with Gasteiger partial charge < -0.3 is 20.1 Å². The Labute approximate surface area is 134 Å². The highest BCUT2D eigenvalue weighted by Gasteiger charge is 2.13. The minimum Gasteiger partial charge on any atom is -0.389 e. The average Bonchev–Trinajstić information content (AvgIpc) is 2.58. The molecular formula is C17H20N2O4. The number of aromatic amines is 1. The third kappa shape index (κ3) is 5.05. The van der Waals surface area contributed by atoms with Gasteiger partial charge in [0.05, 0.1) is 18.8 Å². The molecule has 122 valence electrons. The molecule has 0 radical (unpaired) electrons. The number of aliphatic hydroxyl groups excluding tert-OH is 1. The molecule has 0 saturated carbocycles. The third-order valence-corrected chi connectivity index (χ3v) is 3.37. The van der Waals surface area contributed by atoms with Crippen molar-refractivity contribution in [2.45, 2.75) is 19.1 Å². The molecule has 6 nitrogen and oxygen atoms in total. The van der Waals surface area contributed by atoms with E-state index in [1.165, 1.54) is 12.3 Å². The quantitative estimate of drug-likeness (QED) is 0.717. The van der Waals surface area contributed by atoms with Crippen LogP contribution in [-0.4, -0.2) is 35.3 Å². The molecule has 2 rings (SSSR count). The van der Waals surface area contributed by atoms with Crippen LogP contribution in [0.2, 0.25) is 0 Å². The molecule has 0 spiro atoms. The molecule has 0 aliphatic heterocycles. The van der Waals surface area contributed by atoms with Crippen LogP contribution in [0.1, 0.15) is 28.9 Å². The molecule has 0 saturated heterocycles. The van der Waals surface area contributed by atoms with E-state index in [9.17, 15) is 14.7 Å². The van der Waals surface area contributed by atoms with Crippen LogP contribution < -0.4 is 10.9 Å². The van der Waals surface area contributed by atoms with Gasteiger partial charge in [-0.25, -0.2) is 0 Å². The first-order valence-electron chi connectivity index (χ1n) is 7.38. The number of rotatable bonds is 7. The summed E-state index contributed by atoms with van der Waals surface area (Å²) in [4.78, 5) is 25.7. The lowest BCUT2D eigenvalue weighted by atomic mass is 10.1. The first-order valence-corrected chi connectivity index (χ1v) is 7.38. The lowest BCUT2D eigenvalue weighted by molar-refractivity contribution is -0.00171. The highest BCUT2D eigenvalue weighted by Crippen LogP contribution is 2.15. The van der Waals surface area contributed by atoms with Crippen molar-refractivity contribution in [3.63, 3.8) is 0 Å². The number of aromatic nitrogens is 1. The number of hydrogen-bond acceptors (Lipinski definition) is 4. The van der Waals surface area contributed by atoms with Crippen molar-refractivity contribution in [2.24, 2.45) is 0 Å². The summed E-state index contributed by atoms with van der Waals surface area (Å²) >= 11 is 0. The zero-order valence-electron chi connectivity index (χ0n) is 12.9. The molecule has 2 aromatic rings. The van der Waals surface area contributed by atoms with Gasteiger partial charge in [0, 0.05) is 12.7 Å². The fourth-order valence-electron chi connectivity index (χ4n) is 2.04. The summed E-state index contributed by atoms with van der Waals surface area (Å²) in [5.41, 5.74) is 0.561. The van der Waals surface area contributed by atoms with E-state index in [1.54, 1.807) is 6.07 Å². The Hall–Kier alpha value is -2.44. The maximum atomic E-state index is 11.8. The van der Waals surface area contributed by atoms with Crippen LogP contribution in [0.3, 0.4) is 0 Å². The van der Waals surface area contributed by atoms with Crippen molar-refractivity contribution in [3.8, 4) is 0 Å². The number of nitrogens with one attached hydrogen (secondary N) is 2. The molecular weight excluding hydrogens is 296 g/mol. The van der Waals surface area contributed by atoms with Crippen molar-refractivity contribution in [3.05, 3.63) is 70.1 Å². The van der Waals surface area contributed by atoms with Gasteiger partial charge in [-0.05, 0) is 24.6 Å². The number of carbonyl (C=O) groups excluding carboxylic acids is 1. The van der Waals surface area contributed by atoms with Crippen LogP contribution in [-0.2, 0) is 4.74 Å². The van der Waals surface area contributed by atoms with Crippen molar-refractivity contribution in [1.29, 1.82) is 0 Å². The molecule has 1 aromatic carbocycles. The summed E-state index contributed by atoms with van der Waals surface area (Å²) in [5, 5.41) is 12.4.